The lowest BCUT2D eigenvalue weighted by Crippen LogP contribution is -2.46. The predicted molar refractivity (Wildman–Crippen MR) is 113 cm³/mol. The first-order chi connectivity index (χ1) is 15.2. The number of rotatable bonds is 3. The van der Waals surface area contributed by atoms with Gasteiger partial charge in [0.1, 0.15) is 0 Å². The molecule has 9 nitrogen and oxygen atoms in total. The fourth-order valence-electron chi connectivity index (χ4n) is 4.14. The molecular formula is C20H27F3N8O. The number of morpholine rings is 1. The number of nitrogens with two attached hydrogens (primary N) is 1. The summed E-state index contributed by atoms with van der Waals surface area (Å²) in [6.07, 6.45) is 0.317. The lowest BCUT2D eigenvalue weighted by Gasteiger charge is -2.35. The molecule has 0 bridgehead atoms. The van der Waals surface area contributed by atoms with Crippen molar-refractivity contribution >= 4 is 17.8 Å². The van der Waals surface area contributed by atoms with Crippen molar-refractivity contribution < 1.29 is 17.9 Å². The molecule has 2 aliphatic rings. The van der Waals surface area contributed by atoms with E-state index in [1.54, 1.807) is 0 Å². The van der Waals surface area contributed by atoms with Gasteiger partial charge in [-0.1, -0.05) is 12.8 Å². The quantitative estimate of drug-likeness (QED) is 0.752. The summed E-state index contributed by atoms with van der Waals surface area (Å²) >= 11 is 0. The van der Waals surface area contributed by atoms with E-state index in [9.17, 15) is 13.2 Å². The van der Waals surface area contributed by atoms with Crippen molar-refractivity contribution in [3.63, 3.8) is 0 Å². The van der Waals surface area contributed by atoms with Gasteiger partial charge in [-0.3, -0.25) is 0 Å². The lowest BCUT2D eigenvalue weighted by molar-refractivity contribution is -0.140. The molecule has 2 aromatic heterocycles. The maximum atomic E-state index is 13.7. The fourth-order valence-corrected chi connectivity index (χ4v) is 4.14. The van der Waals surface area contributed by atoms with Crippen LogP contribution in [0.25, 0.3) is 11.4 Å². The SMILES string of the molecule is C[C@@H]1CN(c2nc(-c3cnc(N)nc3C(F)(F)F)nc(N3CCCCCC3)n2)C[C@H](C)O1. The van der Waals surface area contributed by atoms with E-state index in [1.165, 1.54) is 0 Å². The smallest absolute Gasteiger partial charge is 0.372 e. The van der Waals surface area contributed by atoms with E-state index in [0.717, 1.165) is 45.0 Å². The molecule has 4 rings (SSSR count). The van der Waals surface area contributed by atoms with Gasteiger partial charge in [-0.15, -0.1) is 0 Å². The molecule has 2 saturated heterocycles. The van der Waals surface area contributed by atoms with Crippen LogP contribution in [-0.2, 0) is 10.9 Å². The van der Waals surface area contributed by atoms with Gasteiger partial charge in [-0.05, 0) is 26.7 Å². The topological polar surface area (TPSA) is 106 Å². The summed E-state index contributed by atoms with van der Waals surface area (Å²) < 4.78 is 47.0. The maximum Gasteiger partial charge on any atom is 0.434 e. The molecule has 0 amide bonds. The third kappa shape index (κ3) is 5.00. The highest BCUT2D eigenvalue weighted by Crippen LogP contribution is 2.35. The van der Waals surface area contributed by atoms with Crippen LogP contribution in [0.15, 0.2) is 6.20 Å². The molecule has 0 aromatic carbocycles. The van der Waals surface area contributed by atoms with Gasteiger partial charge in [0.25, 0.3) is 0 Å². The Kier molecular flexibility index (Phi) is 6.31. The molecule has 2 fully saturated rings. The van der Waals surface area contributed by atoms with Crippen LogP contribution in [0.3, 0.4) is 0 Å². The molecule has 0 unspecified atom stereocenters. The number of hydrogen-bond donors (Lipinski definition) is 1. The number of nitrogens with zero attached hydrogens (tertiary/aromatic N) is 7. The number of hydrogen-bond acceptors (Lipinski definition) is 9. The van der Waals surface area contributed by atoms with Crippen molar-refractivity contribution in [3.05, 3.63) is 11.9 Å². The number of anilines is 3. The first-order valence-electron chi connectivity index (χ1n) is 10.8. The van der Waals surface area contributed by atoms with Crippen LogP contribution < -0.4 is 15.5 Å². The summed E-state index contributed by atoms with van der Waals surface area (Å²) in [6, 6.07) is 0. The molecule has 0 radical (unpaired) electrons. The number of ether oxygens (including phenoxy) is 1. The Morgan fingerprint density at radius 3 is 2.09 bits per heavy atom. The number of aromatic nitrogens is 5. The monoisotopic (exact) mass is 452 g/mol. The highest BCUT2D eigenvalue weighted by Gasteiger charge is 2.38. The minimum Gasteiger partial charge on any atom is -0.372 e. The van der Waals surface area contributed by atoms with Crippen LogP contribution in [0, 0.1) is 0 Å². The van der Waals surface area contributed by atoms with Crippen LogP contribution in [0.2, 0.25) is 0 Å². The molecule has 32 heavy (non-hydrogen) atoms. The minimum absolute atomic E-state index is 0.0637. The third-order valence-electron chi connectivity index (χ3n) is 5.52. The minimum atomic E-state index is -4.73. The Balaban J connectivity index is 1.83. The molecule has 2 atom stereocenters. The third-order valence-corrected chi connectivity index (χ3v) is 5.52. The van der Waals surface area contributed by atoms with Crippen LogP contribution in [0.4, 0.5) is 31.0 Å². The maximum absolute atomic E-state index is 13.7. The van der Waals surface area contributed by atoms with E-state index in [0.29, 0.717) is 25.0 Å². The van der Waals surface area contributed by atoms with Gasteiger partial charge < -0.3 is 20.3 Å². The first-order valence-corrected chi connectivity index (χ1v) is 10.8. The largest absolute Gasteiger partial charge is 0.434 e. The summed E-state index contributed by atoms with van der Waals surface area (Å²) in [4.78, 5) is 24.7. The Bertz CT molecular complexity index is 939. The standard InChI is InChI=1S/C20H27F3N8O/c1-12-10-31(11-13(2)32-12)19-28-16(14-9-25-17(24)26-15(14)20(21,22)23)27-18(29-19)30-7-5-3-4-6-8-30/h9,12-13H,3-8,10-11H2,1-2H3,(H2,24,25,26)/t12-,13+. The summed E-state index contributed by atoms with van der Waals surface area (Å²) in [5.41, 5.74) is 3.96. The molecule has 2 aliphatic heterocycles. The van der Waals surface area contributed by atoms with Gasteiger partial charge in [0.2, 0.25) is 17.8 Å². The summed E-state index contributed by atoms with van der Waals surface area (Å²) in [5.74, 6) is 0.108. The molecule has 174 valence electrons. The second-order valence-corrected chi connectivity index (χ2v) is 8.31. The number of alkyl halides is 3. The van der Waals surface area contributed by atoms with Gasteiger partial charge in [0.05, 0.1) is 17.8 Å². The number of halogens is 3. The zero-order chi connectivity index (χ0) is 22.9. The Morgan fingerprint density at radius 1 is 0.906 bits per heavy atom. The average molecular weight is 452 g/mol. The van der Waals surface area contributed by atoms with E-state index in [4.69, 9.17) is 10.5 Å². The second kappa shape index (κ2) is 9.00. The second-order valence-electron chi connectivity index (χ2n) is 8.31. The zero-order valence-electron chi connectivity index (χ0n) is 18.1. The molecule has 12 heteroatoms. The Labute approximate surface area is 184 Å². The van der Waals surface area contributed by atoms with Crippen LogP contribution >= 0.6 is 0 Å². The Hall–Kier alpha value is -2.76. The molecule has 4 heterocycles. The van der Waals surface area contributed by atoms with Gasteiger partial charge in [-0.2, -0.15) is 28.1 Å². The molecule has 2 N–H and O–H groups in total. The fraction of sp³-hybridized carbons (Fsp3) is 0.650. The molecule has 0 saturated carbocycles. The Morgan fingerprint density at radius 2 is 1.50 bits per heavy atom. The van der Waals surface area contributed by atoms with E-state index in [-0.39, 0.29) is 23.6 Å². The average Bonchev–Trinajstić information content (AvgIpc) is 3.02. The predicted octanol–water partition coefficient (Wildman–Crippen LogP) is 2.92. The van der Waals surface area contributed by atoms with Gasteiger partial charge >= 0.3 is 6.18 Å². The summed E-state index contributed by atoms with van der Waals surface area (Å²) in [5, 5.41) is 0. The van der Waals surface area contributed by atoms with Crippen LogP contribution in [0.1, 0.15) is 45.2 Å². The molecule has 2 aromatic rings. The summed E-state index contributed by atoms with van der Waals surface area (Å²) in [7, 11) is 0. The van der Waals surface area contributed by atoms with Crippen molar-refractivity contribution in [2.75, 3.05) is 41.7 Å². The van der Waals surface area contributed by atoms with Crippen LogP contribution in [-0.4, -0.2) is 63.3 Å². The molecule has 0 aliphatic carbocycles. The van der Waals surface area contributed by atoms with Crippen molar-refractivity contribution in [2.24, 2.45) is 0 Å². The number of nitrogen functional groups attached to an aromatic ring is 1. The van der Waals surface area contributed by atoms with Crippen molar-refractivity contribution in [2.45, 2.75) is 57.9 Å². The van der Waals surface area contributed by atoms with Crippen molar-refractivity contribution in [1.82, 2.24) is 24.9 Å². The summed E-state index contributed by atoms with van der Waals surface area (Å²) in [6.45, 7) is 6.41. The van der Waals surface area contributed by atoms with E-state index in [1.807, 2.05) is 23.6 Å². The zero-order valence-corrected chi connectivity index (χ0v) is 18.1. The van der Waals surface area contributed by atoms with Gasteiger partial charge in [0, 0.05) is 32.4 Å². The van der Waals surface area contributed by atoms with E-state index >= 15 is 0 Å². The van der Waals surface area contributed by atoms with Gasteiger partial charge in [-0.25, -0.2) is 9.97 Å². The lowest BCUT2D eigenvalue weighted by atomic mass is 10.2. The molecular weight excluding hydrogens is 425 g/mol. The van der Waals surface area contributed by atoms with E-state index in [2.05, 4.69) is 24.9 Å². The highest BCUT2D eigenvalue weighted by atomic mass is 19.4. The molecule has 0 spiro atoms. The van der Waals surface area contributed by atoms with E-state index < -0.39 is 17.8 Å². The highest BCUT2D eigenvalue weighted by molar-refractivity contribution is 5.62. The van der Waals surface area contributed by atoms with Crippen molar-refractivity contribution in [1.29, 1.82) is 0 Å². The van der Waals surface area contributed by atoms with Crippen molar-refractivity contribution in [3.8, 4) is 11.4 Å². The normalized spacial score (nSPS) is 22.7. The first kappa shape index (κ1) is 22.4. The van der Waals surface area contributed by atoms with Gasteiger partial charge in [0.15, 0.2) is 11.5 Å². The van der Waals surface area contributed by atoms with Crippen LogP contribution in [0.5, 0.6) is 0 Å².